The van der Waals surface area contributed by atoms with Gasteiger partial charge in [0.05, 0.1) is 6.54 Å². The summed E-state index contributed by atoms with van der Waals surface area (Å²) in [4.78, 5) is 14.7. The molecule has 3 rings (SSSR count). The fourth-order valence-corrected chi connectivity index (χ4v) is 4.24. The maximum Gasteiger partial charge on any atom is 0.276 e. The van der Waals surface area contributed by atoms with Crippen molar-refractivity contribution >= 4 is 29.4 Å². The molecule has 0 saturated carbocycles. The van der Waals surface area contributed by atoms with Crippen molar-refractivity contribution in [3.63, 3.8) is 0 Å². The predicted molar refractivity (Wildman–Crippen MR) is 96.3 cm³/mol. The molecule has 1 aromatic carbocycles. The van der Waals surface area contributed by atoms with Crippen molar-refractivity contribution in [2.75, 3.05) is 18.1 Å². The molecule has 1 aliphatic rings. The topological polar surface area (TPSA) is 59.2 Å². The second kappa shape index (κ2) is 8.07. The smallest absolute Gasteiger partial charge is 0.276 e. The summed E-state index contributed by atoms with van der Waals surface area (Å²) in [5.41, 5.74) is 2.65. The van der Waals surface area contributed by atoms with Crippen molar-refractivity contribution in [2.24, 2.45) is 0 Å². The van der Waals surface area contributed by atoms with Gasteiger partial charge in [-0.15, -0.1) is 22.0 Å². The minimum absolute atomic E-state index is 0.173. The van der Waals surface area contributed by atoms with Crippen LogP contribution in [0.25, 0.3) is 0 Å². The fraction of sp³-hybridized carbons (Fsp3) is 0.471. The first kappa shape index (κ1) is 17.4. The number of carbonyl (C=O) groups is 1. The highest BCUT2D eigenvalue weighted by Crippen LogP contribution is 2.24. The molecule has 5 nitrogen and oxygen atoms in total. The van der Waals surface area contributed by atoms with Crippen molar-refractivity contribution < 1.29 is 9.21 Å². The lowest BCUT2D eigenvalue weighted by molar-refractivity contribution is -0.128. The number of aryl methyl sites for hydroxylation is 2. The third kappa shape index (κ3) is 4.54. The average Bonchev–Trinajstić information content (AvgIpc) is 3.17. The van der Waals surface area contributed by atoms with E-state index in [1.165, 1.54) is 16.0 Å². The summed E-state index contributed by atoms with van der Waals surface area (Å²) in [5, 5.41) is 8.67. The molecular formula is C17H21N3O2S2. The largest absolute Gasteiger partial charge is 0.414 e. The normalized spacial score (nSPS) is 14.6. The molecule has 0 unspecified atom stereocenters. The molecule has 1 aliphatic heterocycles. The number of thioether (sulfide) groups is 2. The number of carbonyl (C=O) groups excluding carboxylic acids is 1. The first-order valence-electron chi connectivity index (χ1n) is 8.05. The molecule has 7 heteroatoms. The molecule has 0 spiro atoms. The lowest BCUT2D eigenvalue weighted by atomic mass is 10.1. The van der Waals surface area contributed by atoms with Gasteiger partial charge in [-0.05, 0) is 43.5 Å². The van der Waals surface area contributed by atoms with Gasteiger partial charge in [0.2, 0.25) is 11.8 Å². The van der Waals surface area contributed by atoms with Crippen LogP contribution in [0.5, 0.6) is 0 Å². The zero-order valence-electron chi connectivity index (χ0n) is 13.9. The zero-order chi connectivity index (χ0) is 16.9. The molecule has 1 amide bonds. The second-order valence-corrected chi connectivity index (χ2v) is 8.04. The Kier molecular flexibility index (Phi) is 5.84. The molecule has 1 fully saturated rings. The van der Waals surface area contributed by atoms with E-state index >= 15 is 0 Å². The van der Waals surface area contributed by atoms with Gasteiger partial charge in [0.1, 0.15) is 0 Å². The quantitative estimate of drug-likeness (QED) is 0.552. The summed E-state index contributed by atoms with van der Waals surface area (Å²) in [6.45, 7) is 5.49. The van der Waals surface area contributed by atoms with E-state index in [2.05, 4.69) is 42.2 Å². The van der Waals surface area contributed by atoms with E-state index in [0.29, 0.717) is 24.1 Å². The van der Waals surface area contributed by atoms with Gasteiger partial charge >= 0.3 is 0 Å². The van der Waals surface area contributed by atoms with Gasteiger partial charge in [0.25, 0.3) is 5.22 Å². The van der Waals surface area contributed by atoms with Crippen molar-refractivity contribution in [2.45, 2.75) is 43.4 Å². The standard InChI is InChI=1S/C17H21N3O2S2/c1-12-5-6-14(10-13(12)2)23-8-9-24-17-19-18-15(22-17)11-20-7-3-4-16(20)21/h5-6,10H,3-4,7-9,11H2,1-2H3. The van der Waals surface area contributed by atoms with Crippen LogP contribution in [0.4, 0.5) is 0 Å². The molecule has 0 bridgehead atoms. The summed E-state index contributed by atoms with van der Waals surface area (Å²) in [5.74, 6) is 2.58. The molecule has 1 saturated heterocycles. The second-order valence-electron chi connectivity index (χ2n) is 5.82. The maximum atomic E-state index is 11.6. The molecule has 2 aromatic rings. The predicted octanol–water partition coefficient (Wildman–Crippen LogP) is 3.69. The third-order valence-corrected chi connectivity index (χ3v) is 6.08. The number of likely N-dealkylation sites (tertiary alicyclic amines) is 1. The number of rotatable bonds is 7. The summed E-state index contributed by atoms with van der Waals surface area (Å²) in [6.07, 6.45) is 1.55. The molecule has 24 heavy (non-hydrogen) atoms. The van der Waals surface area contributed by atoms with Crippen LogP contribution in [0.2, 0.25) is 0 Å². The van der Waals surface area contributed by atoms with Crippen molar-refractivity contribution in [1.82, 2.24) is 15.1 Å². The van der Waals surface area contributed by atoms with Crippen molar-refractivity contribution in [3.05, 3.63) is 35.2 Å². The number of hydrogen-bond acceptors (Lipinski definition) is 6. The molecule has 0 N–H and O–H groups in total. The Labute approximate surface area is 150 Å². The van der Waals surface area contributed by atoms with Gasteiger partial charge in [0, 0.05) is 29.4 Å². The van der Waals surface area contributed by atoms with Crippen molar-refractivity contribution in [3.8, 4) is 0 Å². The lowest BCUT2D eigenvalue weighted by Crippen LogP contribution is -2.23. The number of aromatic nitrogens is 2. The summed E-state index contributed by atoms with van der Waals surface area (Å²) >= 11 is 3.39. The van der Waals surface area contributed by atoms with Crippen LogP contribution >= 0.6 is 23.5 Å². The van der Waals surface area contributed by atoms with Gasteiger partial charge in [-0.1, -0.05) is 17.8 Å². The van der Waals surface area contributed by atoms with Gasteiger partial charge in [-0.25, -0.2) is 0 Å². The molecular weight excluding hydrogens is 342 g/mol. The highest BCUT2D eigenvalue weighted by atomic mass is 32.2. The number of amides is 1. The van der Waals surface area contributed by atoms with Crippen LogP contribution in [0.15, 0.2) is 32.7 Å². The molecule has 0 aliphatic carbocycles. The molecule has 128 valence electrons. The van der Waals surface area contributed by atoms with E-state index in [-0.39, 0.29) is 5.91 Å². The van der Waals surface area contributed by atoms with Gasteiger partial charge in [-0.3, -0.25) is 4.79 Å². The van der Waals surface area contributed by atoms with E-state index in [9.17, 15) is 4.79 Å². The van der Waals surface area contributed by atoms with Crippen LogP contribution in [0.1, 0.15) is 29.9 Å². The van der Waals surface area contributed by atoms with E-state index in [4.69, 9.17) is 4.42 Å². The highest BCUT2D eigenvalue weighted by molar-refractivity contribution is 8.02. The van der Waals surface area contributed by atoms with Gasteiger partial charge in [0.15, 0.2) is 0 Å². The minimum Gasteiger partial charge on any atom is -0.414 e. The van der Waals surface area contributed by atoms with Gasteiger partial charge in [-0.2, -0.15) is 0 Å². The summed E-state index contributed by atoms with van der Waals surface area (Å²) < 4.78 is 5.62. The Morgan fingerprint density at radius 2 is 2.00 bits per heavy atom. The van der Waals surface area contributed by atoms with E-state index in [1.807, 2.05) is 11.8 Å². The summed E-state index contributed by atoms with van der Waals surface area (Å²) in [6, 6.07) is 6.55. The molecule has 0 radical (unpaired) electrons. The average molecular weight is 364 g/mol. The lowest BCUT2D eigenvalue weighted by Gasteiger charge is -2.11. The van der Waals surface area contributed by atoms with E-state index < -0.39 is 0 Å². The van der Waals surface area contributed by atoms with Crippen LogP contribution < -0.4 is 0 Å². The van der Waals surface area contributed by atoms with E-state index in [1.54, 1.807) is 16.7 Å². The Balaban J connectivity index is 1.42. The SMILES string of the molecule is Cc1ccc(SCCSc2nnc(CN3CCCC3=O)o2)cc1C. The molecule has 2 heterocycles. The Hall–Kier alpha value is -1.47. The van der Waals surface area contributed by atoms with Crippen LogP contribution in [0.3, 0.4) is 0 Å². The monoisotopic (exact) mass is 363 g/mol. The molecule has 1 aromatic heterocycles. The minimum atomic E-state index is 0.173. The number of benzene rings is 1. The van der Waals surface area contributed by atoms with Gasteiger partial charge < -0.3 is 9.32 Å². The first-order chi connectivity index (χ1) is 11.6. The Bertz CT molecular complexity index is 718. The Morgan fingerprint density at radius 3 is 2.75 bits per heavy atom. The number of nitrogens with zero attached hydrogens (tertiary/aromatic N) is 3. The van der Waals surface area contributed by atoms with Crippen molar-refractivity contribution in [1.29, 1.82) is 0 Å². The fourth-order valence-electron chi connectivity index (χ4n) is 2.49. The highest BCUT2D eigenvalue weighted by Gasteiger charge is 2.22. The zero-order valence-corrected chi connectivity index (χ0v) is 15.6. The van der Waals surface area contributed by atoms with Crippen LogP contribution in [0, 0.1) is 13.8 Å². The first-order valence-corrected chi connectivity index (χ1v) is 10.0. The van der Waals surface area contributed by atoms with Crippen LogP contribution in [-0.2, 0) is 11.3 Å². The number of hydrogen-bond donors (Lipinski definition) is 0. The van der Waals surface area contributed by atoms with Crippen LogP contribution in [-0.4, -0.2) is 39.1 Å². The Morgan fingerprint density at radius 1 is 1.17 bits per heavy atom. The van der Waals surface area contributed by atoms with E-state index in [0.717, 1.165) is 24.5 Å². The molecule has 0 atom stereocenters. The third-order valence-electron chi connectivity index (χ3n) is 4.00. The summed E-state index contributed by atoms with van der Waals surface area (Å²) in [7, 11) is 0. The maximum absolute atomic E-state index is 11.6.